The number of rotatable bonds is 6. The van der Waals surface area contributed by atoms with E-state index < -0.39 is 12.0 Å². The highest BCUT2D eigenvalue weighted by molar-refractivity contribution is 5.73. The van der Waals surface area contributed by atoms with Crippen molar-refractivity contribution in [3.05, 3.63) is 35.6 Å². The first-order chi connectivity index (χ1) is 8.45. The molecule has 0 aromatic heterocycles. The van der Waals surface area contributed by atoms with Gasteiger partial charge in [-0.1, -0.05) is 32.4 Å². The van der Waals surface area contributed by atoms with Gasteiger partial charge in [0.1, 0.15) is 11.9 Å². The van der Waals surface area contributed by atoms with Gasteiger partial charge in [0.2, 0.25) is 0 Å². The third-order valence-electron chi connectivity index (χ3n) is 3.50. The number of aliphatic carboxylic acids is 1. The number of carboxylic acids is 1. The van der Waals surface area contributed by atoms with Crippen LogP contribution in [0.3, 0.4) is 0 Å². The van der Waals surface area contributed by atoms with Crippen molar-refractivity contribution in [2.45, 2.75) is 38.6 Å². The number of nitrogens with two attached hydrogens (primary N) is 1. The zero-order chi connectivity index (χ0) is 13.7. The molecule has 1 aromatic rings. The van der Waals surface area contributed by atoms with Crippen LogP contribution in [-0.4, -0.2) is 17.1 Å². The van der Waals surface area contributed by atoms with Gasteiger partial charge in [-0.05, 0) is 36.0 Å². The number of carbonyl (C=O) groups is 1. The summed E-state index contributed by atoms with van der Waals surface area (Å²) in [6.07, 6.45) is 1.28. The minimum absolute atomic E-state index is 0.168. The minimum Gasteiger partial charge on any atom is -0.480 e. The quantitative estimate of drug-likeness (QED) is 0.819. The second kappa shape index (κ2) is 6.50. The maximum absolute atomic E-state index is 12.9. The summed E-state index contributed by atoms with van der Waals surface area (Å²) in [7, 11) is 0. The Hall–Kier alpha value is -1.42. The van der Waals surface area contributed by atoms with Crippen LogP contribution in [0.1, 0.15) is 38.2 Å². The molecule has 0 heterocycles. The van der Waals surface area contributed by atoms with Gasteiger partial charge < -0.3 is 10.8 Å². The largest absolute Gasteiger partial charge is 0.480 e. The van der Waals surface area contributed by atoms with Crippen LogP contribution < -0.4 is 5.73 Å². The molecule has 1 rings (SSSR count). The SMILES string of the molecule is CCC(CC(N)C(=O)O)C(C)c1ccc(F)cc1. The number of hydrogen-bond acceptors (Lipinski definition) is 2. The number of carboxylic acid groups (broad SMARTS) is 1. The van der Waals surface area contributed by atoms with Crippen molar-refractivity contribution in [1.82, 2.24) is 0 Å². The average molecular weight is 253 g/mol. The van der Waals surface area contributed by atoms with Gasteiger partial charge in [0.05, 0.1) is 0 Å². The van der Waals surface area contributed by atoms with E-state index in [1.807, 2.05) is 13.8 Å². The molecule has 0 bridgehead atoms. The molecule has 0 spiro atoms. The summed E-state index contributed by atoms with van der Waals surface area (Å²) in [6, 6.07) is 5.51. The van der Waals surface area contributed by atoms with Crippen molar-refractivity contribution < 1.29 is 14.3 Å². The van der Waals surface area contributed by atoms with Crippen molar-refractivity contribution >= 4 is 5.97 Å². The van der Waals surface area contributed by atoms with E-state index in [0.29, 0.717) is 6.42 Å². The van der Waals surface area contributed by atoms with Gasteiger partial charge in [0.25, 0.3) is 0 Å². The van der Waals surface area contributed by atoms with E-state index in [1.165, 1.54) is 12.1 Å². The Morgan fingerprint density at radius 1 is 1.39 bits per heavy atom. The molecule has 0 radical (unpaired) electrons. The molecule has 18 heavy (non-hydrogen) atoms. The minimum atomic E-state index is -0.972. The van der Waals surface area contributed by atoms with Gasteiger partial charge in [-0.25, -0.2) is 4.39 Å². The molecular formula is C14H20FNO2. The van der Waals surface area contributed by atoms with Gasteiger partial charge in [-0.15, -0.1) is 0 Å². The van der Waals surface area contributed by atoms with Gasteiger partial charge in [-0.2, -0.15) is 0 Å². The molecule has 0 aliphatic carbocycles. The molecule has 3 N–H and O–H groups in total. The monoisotopic (exact) mass is 253 g/mol. The Bertz CT molecular complexity index is 391. The Kier molecular flexibility index (Phi) is 5.28. The summed E-state index contributed by atoms with van der Waals surface area (Å²) in [4.78, 5) is 10.8. The fourth-order valence-electron chi connectivity index (χ4n) is 2.19. The molecule has 0 fully saturated rings. The third-order valence-corrected chi connectivity index (χ3v) is 3.50. The van der Waals surface area contributed by atoms with Gasteiger partial charge in [-0.3, -0.25) is 4.79 Å². The zero-order valence-electron chi connectivity index (χ0n) is 10.8. The molecule has 1 aromatic carbocycles. The van der Waals surface area contributed by atoms with Crippen LogP contribution in [0.2, 0.25) is 0 Å². The first-order valence-corrected chi connectivity index (χ1v) is 6.19. The molecule has 3 unspecified atom stereocenters. The molecular weight excluding hydrogens is 233 g/mol. The molecule has 0 aliphatic rings. The van der Waals surface area contributed by atoms with Gasteiger partial charge in [0, 0.05) is 0 Å². The van der Waals surface area contributed by atoms with Gasteiger partial charge >= 0.3 is 5.97 Å². The van der Waals surface area contributed by atoms with E-state index in [9.17, 15) is 9.18 Å². The van der Waals surface area contributed by atoms with E-state index in [4.69, 9.17) is 10.8 Å². The topological polar surface area (TPSA) is 63.3 Å². The Balaban J connectivity index is 2.75. The molecule has 100 valence electrons. The highest BCUT2D eigenvalue weighted by atomic mass is 19.1. The van der Waals surface area contributed by atoms with Crippen LogP contribution in [0.25, 0.3) is 0 Å². The molecule has 3 atom stereocenters. The molecule has 0 saturated heterocycles. The van der Waals surface area contributed by atoms with E-state index >= 15 is 0 Å². The first-order valence-electron chi connectivity index (χ1n) is 6.19. The van der Waals surface area contributed by atoms with Crippen LogP contribution >= 0.6 is 0 Å². The van der Waals surface area contributed by atoms with E-state index in [2.05, 4.69) is 0 Å². The average Bonchev–Trinajstić information content (AvgIpc) is 2.35. The summed E-state index contributed by atoms with van der Waals surface area (Å²) < 4.78 is 12.9. The van der Waals surface area contributed by atoms with Crippen molar-refractivity contribution in [3.8, 4) is 0 Å². The lowest BCUT2D eigenvalue weighted by atomic mass is 9.82. The molecule has 3 nitrogen and oxygen atoms in total. The Labute approximate surface area is 107 Å². The second-order valence-electron chi connectivity index (χ2n) is 4.69. The van der Waals surface area contributed by atoms with Crippen LogP contribution in [0.5, 0.6) is 0 Å². The fraction of sp³-hybridized carbons (Fsp3) is 0.500. The molecule has 0 amide bonds. The van der Waals surface area contributed by atoms with Crippen molar-refractivity contribution in [2.24, 2.45) is 11.7 Å². The molecule has 0 aliphatic heterocycles. The standard InChI is InChI=1S/C14H20FNO2/c1-3-10(8-13(16)14(17)18)9(2)11-4-6-12(15)7-5-11/h4-7,9-10,13H,3,8,16H2,1-2H3,(H,17,18). The number of hydrogen-bond donors (Lipinski definition) is 2. The third kappa shape index (κ3) is 3.81. The fourth-order valence-corrected chi connectivity index (χ4v) is 2.19. The van der Waals surface area contributed by atoms with E-state index in [1.54, 1.807) is 12.1 Å². The molecule has 4 heteroatoms. The lowest BCUT2D eigenvalue weighted by Crippen LogP contribution is -2.33. The Morgan fingerprint density at radius 2 is 1.94 bits per heavy atom. The predicted octanol–water partition coefficient (Wildman–Crippen LogP) is 2.76. The second-order valence-corrected chi connectivity index (χ2v) is 4.69. The lowest BCUT2D eigenvalue weighted by Gasteiger charge is -2.24. The number of halogens is 1. The van der Waals surface area contributed by atoms with Gasteiger partial charge in [0.15, 0.2) is 0 Å². The maximum atomic E-state index is 12.9. The van der Waals surface area contributed by atoms with Crippen molar-refractivity contribution in [3.63, 3.8) is 0 Å². The summed E-state index contributed by atoms with van der Waals surface area (Å²) >= 11 is 0. The number of benzene rings is 1. The van der Waals surface area contributed by atoms with Crippen LogP contribution in [-0.2, 0) is 4.79 Å². The highest BCUT2D eigenvalue weighted by Gasteiger charge is 2.23. The maximum Gasteiger partial charge on any atom is 0.320 e. The smallest absolute Gasteiger partial charge is 0.320 e. The summed E-state index contributed by atoms with van der Waals surface area (Å²) in [5.74, 6) is -0.886. The summed E-state index contributed by atoms with van der Waals surface area (Å²) in [6.45, 7) is 4.04. The van der Waals surface area contributed by atoms with Crippen molar-refractivity contribution in [2.75, 3.05) is 0 Å². The van der Waals surface area contributed by atoms with Crippen LogP contribution in [0.4, 0.5) is 4.39 Å². The van der Waals surface area contributed by atoms with E-state index in [-0.39, 0.29) is 17.7 Å². The summed E-state index contributed by atoms with van der Waals surface area (Å²) in [5, 5.41) is 8.84. The van der Waals surface area contributed by atoms with Crippen LogP contribution in [0, 0.1) is 11.7 Å². The molecule has 0 saturated carbocycles. The first kappa shape index (κ1) is 14.6. The predicted molar refractivity (Wildman–Crippen MR) is 68.8 cm³/mol. The lowest BCUT2D eigenvalue weighted by molar-refractivity contribution is -0.139. The van der Waals surface area contributed by atoms with E-state index in [0.717, 1.165) is 12.0 Å². The summed E-state index contributed by atoms with van der Waals surface area (Å²) in [5.41, 5.74) is 6.59. The Morgan fingerprint density at radius 3 is 2.39 bits per heavy atom. The normalized spacial score (nSPS) is 16.0. The zero-order valence-corrected chi connectivity index (χ0v) is 10.8. The van der Waals surface area contributed by atoms with Crippen LogP contribution in [0.15, 0.2) is 24.3 Å². The highest BCUT2D eigenvalue weighted by Crippen LogP contribution is 2.30. The van der Waals surface area contributed by atoms with Crippen molar-refractivity contribution in [1.29, 1.82) is 0 Å².